The molecule has 4 atom stereocenters. The van der Waals surface area contributed by atoms with Gasteiger partial charge in [-0.2, -0.15) is 15.3 Å². The molecule has 38 heavy (non-hydrogen) atoms. The first-order chi connectivity index (χ1) is 18.0. The molecule has 0 amide bonds. The zero-order chi connectivity index (χ0) is 27.7. The predicted octanol–water partition coefficient (Wildman–Crippen LogP) is 7.74. The van der Waals surface area contributed by atoms with Crippen LogP contribution in [0.4, 0.5) is 4.39 Å². The molecule has 4 unspecified atom stereocenters. The van der Waals surface area contributed by atoms with Crippen molar-refractivity contribution in [2.24, 2.45) is 5.92 Å². The highest BCUT2D eigenvalue weighted by atomic mass is 19.1. The highest BCUT2D eigenvalue weighted by molar-refractivity contribution is 5.21. The maximum atomic E-state index is 15.1. The van der Waals surface area contributed by atoms with Crippen LogP contribution in [-0.2, 0) is 6.54 Å². The Balaban J connectivity index is 1.49. The Morgan fingerprint density at radius 3 is 2.26 bits per heavy atom. The summed E-state index contributed by atoms with van der Waals surface area (Å²) in [6, 6.07) is 2.47. The van der Waals surface area contributed by atoms with Crippen LogP contribution in [0.15, 0.2) is 6.07 Å². The lowest BCUT2D eigenvalue weighted by atomic mass is 9.84. The van der Waals surface area contributed by atoms with Crippen LogP contribution in [-0.4, -0.2) is 34.7 Å². The number of aromatic amines is 1. The van der Waals surface area contributed by atoms with E-state index >= 15 is 4.39 Å². The molecule has 210 valence electrons. The van der Waals surface area contributed by atoms with Gasteiger partial charge < -0.3 is 0 Å². The zero-order valence-corrected chi connectivity index (χ0v) is 24.9. The minimum absolute atomic E-state index is 0.0611. The topological polar surface area (TPSA) is 77.2 Å². The summed E-state index contributed by atoms with van der Waals surface area (Å²) >= 11 is 0. The van der Waals surface area contributed by atoms with E-state index < -0.39 is 0 Å². The standard InChI is InChI=1S/C30H48FN7/c1-17(2)25-16-26-24(14-15-37(26)35-25)20(7)10-12-23(38-22(9)27(31)28(36-38)18(3)4)13-11-21(8)30-32-29(19(5)6)33-34-30/h16-21,23-24H,10-15H2,1-9H3,(H,32,33,34). The molecule has 0 bridgehead atoms. The predicted molar refractivity (Wildman–Crippen MR) is 150 cm³/mol. The Labute approximate surface area is 228 Å². The molecule has 4 heterocycles. The number of nitrogens with one attached hydrogen (secondary N) is 1. The second-order valence-corrected chi connectivity index (χ2v) is 12.6. The van der Waals surface area contributed by atoms with Crippen molar-refractivity contribution in [3.63, 3.8) is 0 Å². The third-order valence-corrected chi connectivity index (χ3v) is 8.53. The molecule has 1 N–H and O–H groups in total. The number of aromatic nitrogens is 7. The Hall–Kier alpha value is -2.51. The molecule has 1 aliphatic heterocycles. The van der Waals surface area contributed by atoms with E-state index in [0.717, 1.165) is 50.3 Å². The summed E-state index contributed by atoms with van der Waals surface area (Å²) in [5.74, 6) is 3.76. The molecular formula is C30H48FN7. The van der Waals surface area contributed by atoms with Crippen molar-refractivity contribution in [3.05, 3.63) is 46.3 Å². The average Bonchev–Trinajstić information content (AvgIpc) is 3.63. The van der Waals surface area contributed by atoms with Gasteiger partial charge >= 0.3 is 0 Å². The van der Waals surface area contributed by atoms with Gasteiger partial charge in [0, 0.05) is 35.9 Å². The number of aryl methyl sites for hydroxylation is 1. The fraction of sp³-hybridized carbons (Fsp3) is 0.733. The van der Waals surface area contributed by atoms with Crippen LogP contribution in [0, 0.1) is 18.7 Å². The van der Waals surface area contributed by atoms with E-state index in [1.807, 2.05) is 25.5 Å². The summed E-state index contributed by atoms with van der Waals surface area (Å²) in [5, 5.41) is 17.2. The SMILES string of the molecule is Cc1c(F)c(C(C)C)nn1C(CCC(C)c1nc(C(C)C)n[nH]1)CCC(C)C1CCn2nc(C(C)C)cc21. The van der Waals surface area contributed by atoms with Gasteiger partial charge in [0.15, 0.2) is 11.6 Å². The molecule has 0 aliphatic carbocycles. The summed E-state index contributed by atoms with van der Waals surface area (Å²) in [4.78, 5) is 4.72. The fourth-order valence-electron chi connectivity index (χ4n) is 5.83. The Bertz CT molecular complexity index is 1200. The maximum absolute atomic E-state index is 15.1. The van der Waals surface area contributed by atoms with Crippen LogP contribution in [0.5, 0.6) is 0 Å². The Kier molecular flexibility index (Phi) is 8.78. The first-order valence-electron chi connectivity index (χ1n) is 14.7. The molecular weight excluding hydrogens is 477 g/mol. The largest absolute Gasteiger partial charge is 0.269 e. The first kappa shape index (κ1) is 28.5. The maximum Gasteiger partial charge on any atom is 0.167 e. The second-order valence-electron chi connectivity index (χ2n) is 12.6. The number of nitrogens with zero attached hydrogens (tertiary/aromatic N) is 6. The molecule has 3 aromatic rings. The fourth-order valence-corrected chi connectivity index (χ4v) is 5.83. The first-order valence-corrected chi connectivity index (χ1v) is 14.7. The molecule has 1 aliphatic rings. The smallest absolute Gasteiger partial charge is 0.167 e. The molecule has 0 radical (unpaired) electrons. The van der Waals surface area contributed by atoms with Crippen LogP contribution in [0.25, 0.3) is 0 Å². The van der Waals surface area contributed by atoms with Gasteiger partial charge in [-0.15, -0.1) is 0 Å². The van der Waals surface area contributed by atoms with Crippen molar-refractivity contribution in [1.82, 2.24) is 34.7 Å². The summed E-state index contributed by atoms with van der Waals surface area (Å²) in [6.45, 7) is 20.1. The van der Waals surface area contributed by atoms with Gasteiger partial charge in [-0.1, -0.05) is 55.4 Å². The van der Waals surface area contributed by atoms with Crippen molar-refractivity contribution >= 4 is 0 Å². The summed E-state index contributed by atoms with van der Waals surface area (Å²) in [7, 11) is 0. The van der Waals surface area contributed by atoms with E-state index in [9.17, 15) is 0 Å². The normalized spacial score (nSPS) is 18.1. The van der Waals surface area contributed by atoms with Crippen LogP contribution in [0.3, 0.4) is 0 Å². The minimum atomic E-state index is -0.149. The third-order valence-electron chi connectivity index (χ3n) is 8.53. The van der Waals surface area contributed by atoms with Gasteiger partial charge in [0.2, 0.25) is 0 Å². The molecule has 0 saturated heterocycles. The van der Waals surface area contributed by atoms with Gasteiger partial charge in [0.1, 0.15) is 11.5 Å². The number of halogens is 1. The lowest BCUT2D eigenvalue weighted by molar-refractivity contribution is 0.317. The lowest BCUT2D eigenvalue weighted by Crippen LogP contribution is -2.17. The van der Waals surface area contributed by atoms with E-state index in [2.05, 4.69) is 62.5 Å². The number of rotatable bonds is 12. The monoisotopic (exact) mass is 525 g/mol. The number of hydrogen-bond acceptors (Lipinski definition) is 4. The van der Waals surface area contributed by atoms with Crippen molar-refractivity contribution in [1.29, 1.82) is 0 Å². The number of hydrogen-bond donors (Lipinski definition) is 1. The molecule has 8 heteroatoms. The van der Waals surface area contributed by atoms with Gasteiger partial charge in [-0.25, -0.2) is 9.37 Å². The molecule has 3 aromatic heterocycles. The minimum Gasteiger partial charge on any atom is -0.269 e. The number of fused-ring (bicyclic) bond motifs is 1. The molecule has 0 saturated carbocycles. The molecule has 0 fully saturated rings. The van der Waals surface area contributed by atoms with Crippen molar-refractivity contribution < 1.29 is 4.39 Å². The second kappa shape index (κ2) is 11.7. The summed E-state index contributed by atoms with van der Waals surface area (Å²) in [6.07, 6.45) is 5.06. The molecule has 0 aromatic carbocycles. The average molecular weight is 526 g/mol. The van der Waals surface area contributed by atoms with Crippen LogP contribution >= 0.6 is 0 Å². The molecule has 7 nitrogen and oxygen atoms in total. The van der Waals surface area contributed by atoms with Crippen LogP contribution in [0.1, 0.15) is 158 Å². The Morgan fingerprint density at radius 1 is 0.947 bits per heavy atom. The summed E-state index contributed by atoms with van der Waals surface area (Å²) < 4.78 is 19.3. The van der Waals surface area contributed by atoms with Gasteiger partial charge in [-0.3, -0.25) is 14.5 Å². The van der Waals surface area contributed by atoms with E-state index in [1.54, 1.807) is 0 Å². The number of H-pyrrole nitrogens is 1. The molecule has 0 spiro atoms. The van der Waals surface area contributed by atoms with Gasteiger partial charge in [-0.05, 0) is 56.9 Å². The van der Waals surface area contributed by atoms with Crippen LogP contribution < -0.4 is 0 Å². The third kappa shape index (κ3) is 5.89. The quantitative estimate of drug-likeness (QED) is 0.262. The van der Waals surface area contributed by atoms with E-state index in [0.29, 0.717) is 35.1 Å². The molecule has 4 rings (SSSR count). The van der Waals surface area contributed by atoms with E-state index in [-0.39, 0.29) is 23.7 Å². The van der Waals surface area contributed by atoms with Crippen LogP contribution in [0.2, 0.25) is 0 Å². The van der Waals surface area contributed by atoms with E-state index in [4.69, 9.17) is 15.2 Å². The van der Waals surface area contributed by atoms with E-state index in [1.165, 1.54) is 11.4 Å². The van der Waals surface area contributed by atoms with Gasteiger partial charge in [0.25, 0.3) is 0 Å². The summed E-state index contributed by atoms with van der Waals surface area (Å²) in [5.41, 5.74) is 3.81. The van der Waals surface area contributed by atoms with Crippen molar-refractivity contribution in [2.45, 2.75) is 137 Å². The van der Waals surface area contributed by atoms with Crippen molar-refractivity contribution in [2.75, 3.05) is 0 Å². The van der Waals surface area contributed by atoms with Crippen molar-refractivity contribution in [3.8, 4) is 0 Å². The zero-order valence-electron chi connectivity index (χ0n) is 24.9. The van der Waals surface area contributed by atoms with Gasteiger partial charge in [0.05, 0.1) is 17.4 Å². The Morgan fingerprint density at radius 2 is 1.66 bits per heavy atom. The highest BCUT2D eigenvalue weighted by Gasteiger charge is 2.31. The lowest BCUT2D eigenvalue weighted by Gasteiger charge is -2.24. The highest BCUT2D eigenvalue weighted by Crippen LogP contribution is 2.39.